The third-order valence-corrected chi connectivity index (χ3v) is 4.85. The molecule has 0 radical (unpaired) electrons. The summed E-state index contributed by atoms with van der Waals surface area (Å²) in [5, 5.41) is 9.86. The molecule has 2 fully saturated rings. The fraction of sp³-hybridized carbons (Fsp3) is 0.333. The van der Waals surface area contributed by atoms with Gasteiger partial charge in [-0.2, -0.15) is 0 Å². The van der Waals surface area contributed by atoms with E-state index < -0.39 is 29.5 Å². The van der Waals surface area contributed by atoms with Crippen molar-refractivity contribution in [1.29, 1.82) is 0 Å². The second-order valence-corrected chi connectivity index (χ2v) is 6.02. The number of para-hydroxylation sites is 1. The summed E-state index contributed by atoms with van der Waals surface area (Å²) in [7, 11) is 0. The van der Waals surface area contributed by atoms with E-state index in [0.717, 1.165) is 0 Å². The Bertz CT molecular complexity index is 688. The molecule has 108 valence electrons. The number of amides is 1. The third kappa shape index (κ3) is 1.56. The van der Waals surface area contributed by atoms with E-state index in [4.69, 9.17) is 16.3 Å². The Labute approximate surface area is 125 Å². The first-order valence-corrected chi connectivity index (χ1v) is 7.07. The number of halogens is 1. The van der Waals surface area contributed by atoms with Gasteiger partial charge in [-0.05, 0) is 12.1 Å². The molecule has 21 heavy (non-hydrogen) atoms. The molecule has 1 spiro atoms. The minimum absolute atomic E-state index is 0.234. The van der Waals surface area contributed by atoms with E-state index in [1.165, 1.54) is 4.90 Å². The number of anilines is 1. The van der Waals surface area contributed by atoms with Crippen molar-refractivity contribution in [2.75, 3.05) is 11.4 Å². The summed E-state index contributed by atoms with van der Waals surface area (Å²) in [5.74, 6) is -2.73. The molecule has 3 aliphatic heterocycles. The van der Waals surface area contributed by atoms with Gasteiger partial charge in [0.25, 0.3) is 0 Å². The molecule has 0 unspecified atom stereocenters. The average Bonchev–Trinajstić information content (AvgIpc) is 3.08. The van der Waals surface area contributed by atoms with Crippen molar-refractivity contribution in [3.63, 3.8) is 0 Å². The van der Waals surface area contributed by atoms with E-state index in [2.05, 4.69) is 0 Å². The second kappa shape index (κ2) is 4.08. The molecular weight excluding hydrogens is 294 g/mol. The van der Waals surface area contributed by atoms with Crippen molar-refractivity contribution >= 4 is 29.2 Å². The smallest absolute Gasteiger partial charge is 0.310 e. The Balaban J connectivity index is 1.78. The molecule has 4 atom stereocenters. The average molecular weight is 306 g/mol. The Morgan fingerprint density at radius 3 is 2.90 bits per heavy atom. The van der Waals surface area contributed by atoms with Crippen LogP contribution in [-0.4, -0.2) is 35.2 Å². The number of carboxylic acids is 1. The maximum absolute atomic E-state index is 12.7. The van der Waals surface area contributed by atoms with Gasteiger partial charge in [0.2, 0.25) is 5.91 Å². The molecular formula is C15H12ClNO4. The largest absolute Gasteiger partial charge is 0.481 e. The van der Waals surface area contributed by atoms with Crippen LogP contribution in [0.1, 0.15) is 0 Å². The lowest BCUT2D eigenvalue weighted by molar-refractivity contribution is -0.146. The van der Waals surface area contributed by atoms with Crippen LogP contribution in [0.15, 0.2) is 36.4 Å². The highest BCUT2D eigenvalue weighted by molar-refractivity contribution is 6.34. The number of fused-ring (bicyclic) bond motifs is 1. The summed E-state index contributed by atoms with van der Waals surface area (Å²) in [6.07, 6.45) is 3.07. The minimum Gasteiger partial charge on any atom is -0.481 e. The first-order valence-electron chi connectivity index (χ1n) is 6.69. The summed E-state index contributed by atoms with van der Waals surface area (Å²) in [6.45, 7) is 0.303. The first-order chi connectivity index (χ1) is 10.0. The maximum atomic E-state index is 12.7. The number of benzene rings is 1. The molecule has 3 aliphatic rings. The molecule has 1 amide bonds. The van der Waals surface area contributed by atoms with Gasteiger partial charge >= 0.3 is 5.97 Å². The van der Waals surface area contributed by atoms with Crippen LogP contribution in [0.5, 0.6) is 0 Å². The molecule has 0 aromatic heterocycles. The van der Waals surface area contributed by atoms with Crippen molar-refractivity contribution in [3.05, 3.63) is 41.4 Å². The highest BCUT2D eigenvalue weighted by Gasteiger charge is 2.67. The van der Waals surface area contributed by atoms with Crippen LogP contribution in [0, 0.1) is 11.8 Å². The normalized spacial score (nSPS) is 36.3. The van der Waals surface area contributed by atoms with E-state index in [9.17, 15) is 14.7 Å². The van der Waals surface area contributed by atoms with Crippen LogP contribution in [0.3, 0.4) is 0 Å². The monoisotopic (exact) mass is 305 g/mol. The lowest BCUT2D eigenvalue weighted by Crippen LogP contribution is -2.39. The maximum Gasteiger partial charge on any atom is 0.310 e. The molecule has 5 nitrogen and oxygen atoms in total. The molecule has 0 aliphatic carbocycles. The Morgan fingerprint density at radius 2 is 2.19 bits per heavy atom. The molecule has 3 heterocycles. The summed E-state index contributed by atoms with van der Waals surface area (Å²) >= 11 is 6.16. The number of rotatable bonds is 2. The van der Waals surface area contributed by atoms with Crippen LogP contribution in [0.2, 0.25) is 5.02 Å². The molecule has 2 saturated heterocycles. The van der Waals surface area contributed by atoms with Crippen LogP contribution in [0.4, 0.5) is 5.69 Å². The van der Waals surface area contributed by atoms with Crippen molar-refractivity contribution in [1.82, 2.24) is 0 Å². The fourth-order valence-corrected chi connectivity index (χ4v) is 3.89. The second-order valence-electron chi connectivity index (χ2n) is 5.61. The van der Waals surface area contributed by atoms with E-state index in [0.29, 0.717) is 17.3 Å². The molecule has 1 aromatic rings. The molecule has 4 rings (SSSR count). The minimum atomic E-state index is -0.995. The SMILES string of the molecule is O=C(O)[C@@H]1[C@H]2C=C[C@]3(CN(c4ccccc4Cl)C(=O)[C@@H]13)O2. The van der Waals surface area contributed by atoms with Crippen LogP contribution in [0.25, 0.3) is 0 Å². The lowest BCUT2D eigenvalue weighted by Gasteiger charge is -2.22. The summed E-state index contributed by atoms with van der Waals surface area (Å²) in [4.78, 5) is 25.7. The van der Waals surface area contributed by atoms with Crippen LogP contribution in [-0.2, 0) is 14.3 Å². The standard InChI is InChI=1S/C15H12ClNO4/c16-8-3-1-2-4-9(8)17-7-15-6-5-10(21-15)11(14(19)20)12(15)13(17)18/h1-6,10-12H,7H2,(H,19,20)/t10-,11-,12-,15-/m1/s1. The number of ether oxygens (including phenoxy) is 1. The zero-order valence-electron chi connectivity index (χ0n) is 10.9. The van der Waals surface area contributed by atoms with Gasteiger partial charge in [-0.1, -0.05) is 35.9 Å². The van der Waals surface area contributed by atoms with E-state index in [1.807, 2.05) is 6.08 Å². The number of carboxylic acid groups (broad SMARTS) is 1. The van der Waals surface area contributed by atoms with E-state index >= 15 is 0 Å². The van der Waals surface area contributed by atoms with Gasteiger partial charge in [0, 0.05) is 0 Å². The number of hydrogen-bond acceptors (Lipinski definition) is 3. The predicted octanol–water partition coefficient (Wildman–Crippen LogP) is 1.71. The van der Waals surface area contributed by atoms with Gasteiger partial charge in [-0.25, -0.2) is 0 Å². The third-order valence-electron chi connectivity index (χ3n) is 4.53. The Morgan fingerprint density at radius 1 is 1.43 bits per heavy atom. The Kier molecular flexibility index (Phi) is 2.50. The topological polar surface area (TPSA) is 66.8 Å². The molecule has 1 N–H and O–H groups in total. The van der Waals surface area contributed by atoms with Gasteiger partial charge in [0.1, 0.15) is 11.5 Å². The van der Waals surface area contributed by atoms with Crippen molar-refractivity contribution in [2.45, 2.75) is 11.7 Å². The lowest BCUT2D eigenvalue weighted by atomic mass is 9.77. The van der Waals surface area contributed by atoms with E-state index in [-0.39, 0.29) is 5.91 Å². The van der Waals surface area contributed by atoms with Crippen LogP contribution >= 0.6 is 11.6 Å². The van der Waals surface area contributed by atoms with Crippen molar-refractivity contribution in [3.8, 4) is 0 Å². The number of nitrogens with zero attached hydrogens (tertiary/aromatic N) is 1. The molecule has 6 heteroatoms. The highest BCUT2D eigenvalue weighted by Crippen LogP contribution is 2.53. The highest BCUT2D eigenvalue weighted by atomic mass is 35.5. The van der Waals surface area contributed by atoms with Gasteiger partial charge < -0.3 is 14.7 Å². The van der Waals surface area contributed by atoms with Gasteiger partial charge in [-0.3, -0.25) is 9.59 Å². The Hall–Kier alpha value is -1.85. The molecule has 1 aromatic carbocycles. The van der Waals surface area contributed by atoms with Gasteiger partial charge in [-0.15, -0.1) is 0 Å². The predicted molar refractivity (Wildman–Crippen MR) is 75.2 cm³/mol. The summed E-state index contributed by atoms with van der Waals surface area (Å²) < 4.78 is 5.82. The number of aliphatic carboxylic acids is 1. The van der Waals surface area contributed by atoms with Crippen molar-refractivity contribution < 1.29 is 19.4 Å². The fourth-order valence-electron chi connectivity index (χ4n) is 3.65. The van der Waals surface area contributed by atoms with Gasteiger partial charge in [0.15, 0.2) is 0 Å². The van der Waals surface area contributed by atoms with Gasteiger partial charge in [0.05, 0.1) is 29.3 Å². The molecule has 0 saturated carbocycles. The molecule has 2 bridgehead atoms. The van der Waals surface area contributed by atoms with Crippen LogP contribution < -0.4 is 4.90 Å². The number of hydrogen-bond donors (Lipinski definition) is 1. The zero-order valence-corrected chi connectivity index (χ0v) is 11.7. The van der Waals surface area contributed by atoms with Crippen molar-refractivity contribution in [2.24, 2.45) is 11.8 Å². The zero-order chi connectivity index (χ0) is 14.8. The number of carbonyl (C=O) groups is 2. The number of carbonyl (C=O) groups excluding carboxylic acids is 1. The summed E-state index contributed by atoms with van der Waals surface area (Å²) in [6, 6.07) is 7.04. The van der Waals surface area contributed by atoms with E-state index in [1.54, 1.807) is 30.3 Å². The first kappa shape index (κ1) is 12.9. The summed E-state index contributed by atoms with van der Waals surface area (Å²) in [5.41, 5.74) is -0.234. The quantitative estimate of drug-likeness (QED) is 0.845.